The molecule has 1 aromatic carbocycles. The predicted octanol–water partition coefficient (Wildman–Crippen LogP) is 2.75. The molecule has 2 N–H and O–H groups in total. The third-order valence-corrected chi connectivity index (χ3v) is 4.80. The molecular formula is C16H24N2. The van der Waals surface area contributed by atoms with Crippen molar-refractivity contribution in [1.82, 2.24) is 4.90 Å². The average molecular weight is 244 g/mol. The van der Waals surface area contributed by atoms with Crippen molar-refractivity contribution in [1.29, 1.82) is 0 Å². The number of hydrogen-bond donors (Lipinski definition) is 1. The zero-order valence-corrected chi connectivity index (χ0v) is 11.1. The van der Waals surface area contributed by atoms with Gasteiger partial charge in [0, 0.05) is 18.6 Å². The summed E-state index contributed by atoms with van der Waals surface area (Å²) in [6, 6.07) is 12.4. The van der Waals surface area contributed by atoms with E-state index in [4.69, 9.17) is 5.73 Å². The first kappa shape index (κ1) is 12.2. The van der Waals surface area contributed by atoms with Gasteiger partial charge in [-0.1, -0.05) is 36.8 Å². The lowest BCUT2D eigenvalue weighted by atomic mass is 9.74. The van der Waals surface area contributed by atoms with E-state index in [1.54, 1.807) is 0 Å². The Morgan fingerprint density at radius 1 is 1.11 bits per heavy atom. The van der Waals surface area contributed by atoms with Gasteiger partial charge < -0.3 is 5.73 Å². The SMILES string of the molecule is NC[C@H]1CCCCN1C1CC(c2ccccc2)C1. The van der Waals surface area contributed by atoms with Crippen LogP contribution in [0.3, 0.4) is 0 Å². The topological polar surface area (TPSA) is 29.3 Å². The first-order valence-corrected chi connectivity index (χ1v) is 7.39. The highest BCUT2D eigenvalue weighted by Gasteiger charge is 2.37. The first-order valence-electron chi connectivity index (χ1n) is 7.39. The second-order valence-electron chi connectivity index (χ2n) is 5.86. The molecule has 1 heterocycles. The van der Waals surface area contributed by atoms with E-state index in [0.29, 0.717) is 6.04 Å². The van der Waals surface area contributed by atoms with Crippen molar-refractivity contribution < 1.29 is 0 Å². The van der Waals surface area contributed by atoms with Gasteiger partial charge in [0.1, 0.15) is 0 Å². The minimum Gasteiger partial charge on any atom is -0.329 e. The number of likely N-dealkylation sites (tertiary alicyclic amines) is 1. The van der Waals surface area contributed by atoms with E-state index in [1.807, 2.05) is 0 Å². The minimum absolute atomic E-state index is 0.653. The van der Waals surface area contributed by atoms with E-state index in [2.05, 4.69) is 35.2 Å². The zero-order chi connectivity index (χ0) is 12.4. The van der Waals surface area contributed by atoms with Gasteiger partial charge in [-0.05, 0) is 43.7 Å². The lowest BCUT2D eigenvalue weighted by molar-refractivity contribution is 0.0438. The molecule has 18 heavy (non-hydrogen) atoms. The highest BCUT2D eigenvalue weighted by atomic mass is 15.2. The van der Waals surface area contributed by atoms with Crippen molar-refractivity contribution in [3.8, 4) is 0 Å². The quantitative estimate of drug-likeness (QED) is 0.886. The Kier molecular flexibility index (Phi) is 3.67. The van der Waals surface area contributed by atoms with E-state index in [0.717, 1.165) is 18.5 Å². The molecule has 3 rings (SSSR count). The Morgan fingerprint density at radius 2 is 1.89 bits per heavy atom. The lowest BCUT2D eigenvalue weighted by Gasteiger charge is -2.48. The van der Waals surface area contributed by atoms with Crippen molar-refractivity contribution in [2.45, 2.75) is 50.1 Å². The summed E-state index contributed by atoms with van der Waals surface area (Å²) in [5.41, 5.74) is 7.44. The van der Waals surface area contributed by atoms with Crippen molar-refractivity contribution >= 4 is 0 Å². The maximum absolute atomic E-state index is 5.91. The van der Waals surface area contributed by atoms with Crippen molar-refractivity contribution in [2.75, 3.05) is 13.1 Å². The number of piperidine rings is 1. The van der Waals surface area contributed by atoms with E-state index >= 15 is 0 Å². The molecule has 1 saturated heterocycles. The molecule has 2 nitrogen and oxygen atoms in total. The molecule has 1 saturated carbocycles. The fourth-order valence-corrected chi connectivity index (χ4v) is 3.61. The fraction of sp³-hybridized carbons (Fsp3) is 0.625. The van der Waals surface area contributed by atoms with Crippen LogP contribution in [-0.2, 0) is 0 Å². The molecule has 1 aliphatic carbocycles. The summed E-state index contributed by atoms with van der Waals surface area (Å²) < 4.78 is 0. The second kappa shape index (κ2) is 5.41. The molecule has 1 aliphatic heterocycles. The first-order chi connectivity index (χ1) is 8.88. The van der Waals surface area contributed by atoms with Gasteiger partial charge in [0.15, 0.2) is 0 Å². The van der Waals surface area contributed by atoms with Crippen LogP contribution in [0.15, 0.2) is 30.3 Å². The predicted molar refractivity (Wildman–Crippen MR) is 75.6 cm³/mol. The highest BCUT2D eigenvalue weighted by Crippen LogP contribution is 2.41. The number of benzene rings is 1. The van der Waals surface area contributed by atoms with Gasteiger partial charge in [-0.25, -0.2) is 0 Å². The zero-order valence-electron chi connectivity index (χ0n) is 11.1. The van der Waals surface area contributed by atoms with Gasteiger partial charge in [0.05, 0.1) is 0 Å². The van der Waals surface area contributed by atoms with Crippen molar-refractivity contribution in [3.05, 3.63) is 35.9 Å². The summed E-state index contributed by atoms with van der Waals surface area (Å²) in [5.74, 6) is 0.788. The molecule has 0 bridgehead atoms. The molecular weight excluding hydrogens is 220 g/mol. The van der Waals surface area contributed by atoms with E-state index in [9.17, 15) is 0 Å². The van der Waals surface area contributed by atoms with Gasteiger partial charge in [-0.2, -0.15) is 0 Å². The second-order valence-corrected chi connectivity index (χ2v) is 5.86. The Hall–Kier alpha value is -0.860. The standard InChI is InChI=1S/C16H24N2/c17-12-15-8-4-5-9-18(15)16-10-14(11-16)13-6-2-1-3-7-13/h1-3,6-7,14-16H,4-5,8-12,17H2/t14?,15-,16?/m1/s1. The summed E-state index contributed by atoms with van der Waals surface area (Å²) >= 11 is 0. The average Bonchev–Trinajstić information content (AvgIpc) is 2.39. The van der Waals surface area contributed by atoms with E-state index < -0.39 is 0 Å². The molecule has 0 aromatic heterocycles. The molecule has 0 amide bonds. The summed E-state index contributed by atoms with van der Waals surface area (Å²) in [5, 5.41) is 0. The Labute approximate surface area is 110 Å². The maximum Gasteiger partial charge on any atom is 0.0221 e. The number of hydrogen-bond acceptors (Lipinski definition) is 2. The number of nitrogens with zero attached hydrogens (tertiary/aromatic N) is 1. The monoisotopic (exact) mass is 244 g/mol. The fourth-order valence-electron chi connectivity index (χ4n) is 3.61. The summed E-state index contributed by atoms with van der Waals surface area (Å²) in [6.07, 6.45) is 6.71. The molecule has 1 atom stereocenters. The van der Waals surface area contributed by atoms with Gasteiger partial charge >= 0.3 is 0 Å². The summed E-state index contributed by atoms with van der Waals surface area (Å²) in [6.45, 7) is 2.11. The minimum atomic E-state index is 0.653. The highest BCUT2D eigenvalue weighted by molar-refractivity contribution is 5.23. The van der Waals surface area contributed by atoms with Gasteiger partial charge in [-0.15, -0.1) is 0 Å². The van der Waals surface area contributed by atoms with Crippen LogP contribution in [-0.4, -0.2) is 30.1 Å². The van der Waals surface area contributed by atoms with Gasteiger partial charge in [0.25, 0.3) is 0 Å². The molecule has 2 fully saturated rings. The van der Waals surface area contributed by atoms with Crippen LogP contribution in [0.1, 0.15) is 43.6 Å². The van der Waals surface area contributed by atoms with Crippen LogP contribution in [0.2, 0.25) is 0 Å². The molecule has 0 unspecified atom stereocenters. The molecule has 1 aromatic rings. The largest absolute Gasteiger partial charge is 0.329 e. The lowest BCUT2D eigenvalue weighted by Crippen LogP contribution is -2.53. The van der Waals surface area contributed by atoms with Gasteiger partial charge in [0.2, 0.25) is 0 Å². The third-order valence-electron chi connectivity index (χ3n) is 4.80. The third kappa shape index (κ3) is 2.32. The van der Waals surface area contributed by atoms with Crippen LogP contribution in [0, 0.1) is 0 Å². The molecule has 2 heteroatoms. The van der Waals surface area contributed by atoms with E-state index in [1.165, 1.54) is 44.2 Å². The smallest absolute Gasteiger partial charge is 0.0221 e. The maximum atomic E-state index is 5.91. The van der Waals surface area contributed by atoms with Crippen LogP contribution in [0.5, 0.6) is 0 Å². The van der Waals surface area contributed by atoms with E-state index in [-0.39, 0.29) is 0 Å². The molecule has 2 aliphatic rings. The Bertz CT molecular complexity index is 370. The van der Waals surface area contributed by atoms with Gasteiger partial charge in [-0.3, -0.25) is 4.90 Å². The van der Waals surface area contributed by atoms with Crippen LogP contribution >= 0.6 is 0 Å². The summed E-state index contributed by atoms with van der Waals surface area (Å²) in [7, 11) is 0. The summed E-state index contributed by atoms with van der Waals surface area (Å²) in [4.78, 5) is 2.70. The van der Waals surface area contributed by atoms with Crippen LogP contribution in [0.4, 0.5) is 0 Å². The number of rotatable bonds is 3. The molecule has 0 radical (unpaired) electrons. The van der Waals surface area contributed by atoms with Crippen LogP contribution in [0.25, 0.3) is 0 Å². The number of nitrogens with two attached hydrogens (primary N) is 1. The van der Waals surface area contributed by atoms with Crippen LogP contribution < -0.4 is 5.73 Å². The van der Waals surface area contributed by atoms with Crippen molar-refractivity contribution in [2.24, 2.45) is 5.73 Å². The Morgan fingerprint density at radius 3 is 2.61 bits per heavy atom. The molecule has 0 spiro atoms. The normalized spacial score (nSPS) is 33.1. The van der Waals surface area contributed by atoms with Crippen molar-refractivity contribution in [3.63, 3.8) is 0 Å². The molecule has 98 valence electrons. The Balaban J connectivity index is 1.58.